The van der Waals surface area contributed by atoms with Crippen LogP contribution in [0.3, 0.4) is 0 Å². The minimum absolute atomic E-state index is 0.135. The van der Waals surface area contributed by atoms with Gasteiger partial charge in [0.25, 0.3) is 5.91 Å². The van der Waals surface area contributed by atoms with Crippen molar-refractivity contribution in [2.75, 3.05) is 30.8 Å². The van der Waals surface area contributed by atoms with Crippen molar-refractivity contribution in [3.05, 3.63) is 53.6 Å². The number of hydrogen-bond acceptors (Lipinski definition) is 5. The van der Waals surface area contributed by atoms with E-state index in [0.29, 0.717) is 35.7 Å². The molecule has 1 aliphatic heterocycles. The van der Waals surface area contributed by atoms with Crippen molar-refractivity contribution in [2.24, 2.45) is 0 Å². The van der Waals surface area contributed by atoms with E-state index >= 15 is 0 Å². The molecule has 8 heteroatoms. The number of nitrogens with one attached hydrogen (secondary N) is 1. The second-order valence-electron chi connectivity index (χ2n) is 6.95. The number of methoxy groups -OCH3 is 2. The number of hydrogen-bond donors (Lipinski definition) is 1. The van der Waals surface area contributed by atoms with Gasteiger partial charge >= 0.3 is 0 Å². The molecule has 1 amide bonds. The lowest BCUT2D eigenvalue weighted by Gasteiger charge is -2.28. The third-order valence-corrected chi connectivity index (χ3v) is 6.87. The van der Waals surface area contributed by atoms with E-state index in [1.165, 1.54) is 4.31 Å². The minimum atomic E-state index is -3.33. The van der Waals surface area contributed by atoms with Gasteiger partial charge in [-0.1, -0.05) is 6.07 Å². The molecular weight excluding hydrogens is 392 g/mol. The molecule has 0 unspecified atom stereocenters. The van der Waals surface area contributed by atoms with Crippen LogP contribution in [0.5, 0.6) is 11.5 Å². The average molecular weight is 419 g/mol. The average Bonchev–Trinajstić information content (AvgIpc) is 2.72. The Morgan fingerprint density at radius 2 is 1.90 bits per heavy atom. The van der Waals surface area contributed by atoms with E-state index in [1.807, 2.05) is 13.0 Å². The molecule has 0 spiro atoms. The summed E-state index contributed by atoms with van der Waals surface area (Å²) in [5.41, 5.74) is 1.70. The van der Waals surface area contributed by atoms with E-state index in [9.17, 15) is 13.2 Å². The van der Waals surface area contributed by atoms with Crippen molar-refractivity contribution in [1.82, 2.24) is 5.32 Å². The first-order valence-corrected chi connectivity index (χ1v) is 11.1. The minimum Gasteiger partial charge on any atom is -0.497 e. The zero-order valence-corrected chi connectivity index (χ0v) is 17.7. The van der Waals surface area contributed by atoms with E-state index in [4.69, 9.17) is 9.47 Å². The van der Waals surface area contributed by atoms with E-state index < -0.39 is 10.0 Å². The number of carbonyl (C=O) groups is 1. The van der Waals surface area contributed by atoms with Crippen LogP contribution in [0.15, 0.2) is 42.5 Å². The highest BCUT2D eigenvalue weighted by molar-refractivity contribution is 7.92. The molecule has 1 heterocycles. The Labute approximate surface area is 171 Å². The normalized spacial score (nSPS) is 16.7. The standard InChI is InChI=1S/C21H26N2O5S/c1-15(19-14-18(27-2)9-10-20(19)28-3)22-21(24)16-7-6-8-17(13-16)23-11-4-5-12-29(23,25)26/h6-10,13-15H,4-5,11-12H2,1-3H3,(H,22,24)/t15-/m1/s1. The van der Waals surface area contributed by atoms with Crippen LogP contribution in [0.25, 0.3) is 0 Å². The molecule has 1 N–H and O–H groups in total. The summed E-state index contributed by atoms with van der Waals surface area (Å²) < 4.78 is 36.8. The van der Waals surface area contributed by atoms with Crippen LogP contribution < -0.4 is 19.1 Å². The number of ether oxygens (including phenoxy) is 2. The van der Waals surface area contributed by atoms with E-state index in [2.05, 4.69) is 5.32 Å². The molecule has 7 nitrogen and oxygen atoms in total. The van der Waals surface area contributed by atoms with Gasteiger partial charge < -0.3 is 14.8 Å². The van der Waals surface area contributed by atoms with Crippen molar-refractivity contribution in [3.8, 4) is 11.5 Å². The fourth-order valence-electron chi connectivity index (χ4n) is 3.42. The number of benzene rings is 2. The van der Waals surface area contributed by atoms with Gasteiger partial charge in [-0.15, -0.1) is 0 Å². The zero-order valence-electron chi connectivity index (χ0n) is 16.8. The molecule has 0 aliphatic carbocycles. The van der Waals surface area contributed by atoms with Gasteiger partial charge in [0.15, 0.2) is 0 Å². The van der Waals surface area contributed by atoms with Crippen LogP contribution in [0.1, 0.15) is 41.7 Å². The number of rotatable bonds is 6. The molecule has 3 rings (SSSR count). The first-order valence-electron chi connectivity index (χ1n) is 9.49. The largest absolute Gasteiger partial charge is 0.497 e. The predicted octanol–water partition coefficient (Wildman–Crippen LogP) is 3.12. The lowest BCUT2D eigenvalue weighted by atomic mass is 10.1. The molecule has 2 aromatic rings. The fourth-order valence-corrected chi connectivity index (χ4v) is 5.05. The second kappa shape index (κ2) is 8.73. The molecule has 29 heavy (non-hydrogen) atoms. The number of anilines is 1. The highest BCUT2D eigenvalue weighted by atomic mass is 32.2. The molecule has 0 radical (unpaired) electrons. The van der Waals surface area contributed by atoms with Crippen molar-refractivity contribution in [2.45, 2.75) is 25.8 Å². The van der Waals surface area contributed by atoms with Crippen LogP contribution in [0, 0.1) is 0 Å². The first-order chi connectivity index (χ1) is 13.9. The molecule has 2 aromatic carbocycles. The third-order valence-electron chi connectivity index (χ3n) is 5.00. The van der Waals surface area contributed by atoms with Crippen molar-refractivity contribution < 1.29 is 22.7 Å². The summed E-state index contributed by atoms with van der Waals surface area (Å²) in [4.78, 5) is 12.8. The van der Waals surface area contributed by atoms with Crippen LogP contribution in [0.4, 0.5) is 5.69 Å². The summed E-state index contributed by atoms with van der Waals surface area (Å²) >= 11 is 0. The van der Waals surface area contributed by atoms with Gasteiger partial charge in [0.1, 0.15) is 11.5 Å². The van der Waals surface area contributed by atoms with Crippen LogP contribution in [-0.2, 0) is 10.0 Å². The molecule has 0 bridgehead atoms. The van der Waals surface area contributed by atoms with Gasteiger partial charge in [-0.3, -0.25) is 9.10 Å². The fraction of sp³-hybridized carbons (Fsp3) is 0.381. The lowest BCUT2D eigenvalue weighted by Crippen LogP contribution is -2.38. The number of carbonyl (C=O) groups excluding carboxylic acids is 1. The Bertz CT molecular complexity index is 990. The predicted molar refractivity (Wildman–Crippen MR) is 112 cm³/mol. The Hall–Kier alpha value is -2.74. The maximum Gasteiger partial charge on any atom is 0.251 e. The smallest absolute Gasteiger partial charge is 0.251 e. The van der Waals surface area contributed by atoms with Crippen LogP contribution >= 0.6 is 0 Å². The Morgan fingerprint density at radius 3 is 2.59 bits per heavy atom. The summed E-state index contributed by atoms with van der Waals surface area (Å²) in [7, 11) is -0.180. The van der Waals surface area contributed by atoms with Crippen molar-refractivity contribution >= 4 is 21.6 Å². The van der Waals surface area contributed by atoms with Crippen molar-refractivity contribution in [3.63, 3.8) is 0 Å². The van der Waals surface area contributed by atoms with Gasteiger partial charge in [-0.2, -0.15) is 0 Å². The highest BCUT2D eigenvalue weighted by Crippen LogP contribution is 2.30. The van der Waals surface area contributed by atoms with Crippen molar-refractivity contribution in [1.29, 1.82) is 0 Å². The van der Waals surface area contributed by atoms with Crippen LogP contribution in [-0.4, -0.2) is 40.8 Å². The van der Waals surface area contributed by atoms with Gasteiger partial charge in [0.05, 0.1) is 31.7 Å². The number of nitrogens with zero attached hydrogens (tertiary/aromatic N) is 1. The molecule has 0 aromatic heterocycles. The molecule has 1 atom stereocenters. The lowest BCUT2D eigenvalue weighted by molar-refractivity contribution is 0.0939. The second-order valence-corrected chi connectivity index (χ2v) is 8.96. The number of sulfonamides is 1. The molecule has 1 saturated heterocycles. The third kappa shape index (κ3) is 4.64. The quantitative estimate of drug-likeness (QED) is 0.779. The van der Waals surface area contributed by atoms with E-state index in [-0.39, 0.29) is 17.7 Å². The van der Waals surface area contributed by atoms with Gasteiger partial charge in [-0.25, -0.2) is 8.42 Å². The zero-order chi connectivity index (χ0) is 21.0. The topological polar surface area (TPSA) is 84.9 Å². The maximum absolute atomic E-state index is 12.8. The summed E-state index contributed by atoms with van der Waals surface area (Å²) in [6, 6.07) is 11.8. The first kappa shape index (κ1) is 21.0. The SMILES string of the molecule is COc1ccc(OC)c([C@@H](C)NC(=O)c2cccc(N3CCCCS3(=O)=O)c2)c1. The summed E-state index contributed by atoms with van der Waals surface area (Å²) in [6.07, 6.45) is 1.47. The van der Waals surface area contributed by atoms with Gasteiger partial charge in [-0.05, 0) is 56.2 Å². The van der Waals surface area contributed by atoms with Gasteiger partial charge in [0.2, 0.25) is 10.0 Å². The van der Waals surface area contributed by atoms with Gasteiger partial charge in [0, 0.05) is 17.7 Å². The molecule has 0 saturated carbocycles. The highest BCUT2D eigenvalue weighted by Gasteiger charge is 2.26. The summed E-state index contributed by atoms with van der Waals surface area (Å²) in [6.45, 7) is 2.29. The molecular formula is C21H26N2O5S. The number of amides is 1. The van der Waals surface area contributed by atoms with E-state index in [1.54, 1.807) is 50.6 Å². The Morgan fingerprint density at radius 1 is 1.10 bits per heavy atom. The maximum atomic E-state index is 12.8. The summed E-state index contributed by atoms with van der Waals surface area (Å²) in [5, 5.41) is 2.95. The molecule has 1 aliphatic rings. The van der Waals surface area contributed by atoms with Crippen LogP contribution in [0.2, 0.25) is 0 Å². The molecule has 156 valence electrons. The van der Waals surface area contributed by atoms with E-state index in [0.717, 1.165) is 12.0 Å². The Kier molecular flexibility index (Phi) is 6.32. The monoisotopic (exact) mass is 418 g/mol. The summed E-state index contributed by atoms with van der Waals surface area (Å²) in [5.74, 6) is 1.15. The Balaban J connectivity index is 1.81. The molecule has 1 fully saturated rings.